The first kappa shape index (κ1) is 22.1. The molecule has 0 atom stereocenters. The second-order valence-corrected chi connectivity index (χ2v) is 7.75. The molecule has 7 heteroatoms. The van der Waals surface area contributed by atoms with Crippen molar-refractivity contribution in [2.24, 2.45) is 0 Å². The van der Waals surface area contributed by atoms with E-state index in [2.05, 4.69) is 10.6 Å². The largest absolute Gasteiger partial charge is 0.497 e. The van der Waals surface area contributed by atoms with Crippen LogP contribution in [-0.2, 0) is 17.8 Å². The van der Waals surface area contributed by atoms with Crippen LogP contribution < -0.4 is 15.4 Å². The first-order valence-corrected chi connectivity index (χ1v) is 10.8. The summed E-state index contributed by atoms with van der Waals surface area (Å²) >= 11 is 0. The molecule has 0 saturated heterocycles. The highest BCUT2D eigenvalue weighted by Gasteiger charge is 2.14. The summed E-state index contributed by atoms with van der Waals surface area (Å²) in [7, 11) is 1.59. The molecule has 0 aliphatic rings. The number of aromatic nitrogens is 2. The monoisotopic (exact) mass is 442 g/mol. The van der Waals surface area contributed by atoms with Crippen LogP contribution in [0.4, 0.5) is 5.69 Å². The van der Waals surface area contributed by atoms with Gasteiger partial charge in [0.05, 0.1) is 18.1 Å². The number of rotatable bonds is 8. The number of benzene rings is 3. The number of hydrogen-bond donors (Lipinski definition) is 2. The fourth-order valence-electron chi connectivity index (χ4n) is 3.63. The van der Waals surface area contributed by atoms with Crippen LogP contribution in [0.2, 0.25) is 0 Å². The summed E-state index contributed by atoms with van der Waals surface area (Å²) in [5.41, 5.74) is 4.07. The van der Waals surface area contributed by atoms with Crippen molar-refractivity contribution in [3.8, 4) is 5.75 Å². The van der Waals surface area contributed by atoms with Crippen molar-refractivity contribution in [1.82, 2.24) is 14.9 Å². The Bertz CT molecular complexity index is 1280. The molecular weight excluding hydrogens is 416 g/mol. The van der Waals surface area contributed by atoms with Gasteiger partial charge >= 0.3 is 0 Å². The van der Waals surface area contributed by atoms with E-state index in [4.69, 9.17) is 9.72 Å². The molecule has 0 saturated carbocycles. The summed E-state index contributed by atoms with van der Waals surface area (Å²) in [4.78, 5) is 29.9. The summed E-state index contributed by atoms with van der Waals surface area (Å²) in [6.45, 7) is 2.50. The van der Waals surface area contributed by atoms with Gasteiger partial charge in [-0.1, -0.05) is 35.9 Å². The smallest absolute Gasteiger partial charge is 0.251 e. The Kier molecular flexibility index (Phi) is 6.69. The Morgan fingerprint density at radius 1 is 1.00 bits per heavy atom. The number of ether oxygens (including phenoxy) is 1. The molecule has 0 spiro atoms. The minimum Gasteiger partial charge on any atom is -0.497 e. The predicted molar refractivity (Wildman–Crippen MR) is 129 cm³/mol. The number of methoxy groups -OCH3 is 1. The average Bonchev–Trinajstić information content (AvgIpc) is 3.16. The summed E-state index contributed by atoms with van der Waals surface area (Å²) < 4.78 is 7.11. The number of nitrogens with one attached hydrogen (secondary N) is 2. The summed E-state index contributed by atoms with van der Waals surface area (Å²) in [5, 5.41) is 5.85. The first-order valence-electron chi connectivity index (χ1n) is 10.8. The molecule has 4 rings (SSSR count). The zero-order chi connectivity index (χ0) is 23.2. The van der Waals surface area contributed by atoms with Crippen LogP contribution in [-0.4, -0.2) is 35.0 Å². The molecule has 2 N–H and O–H groups in total. The van der Waals surface area contributed by atoms with Gasteiger partial charge in [0, 0.05) is 30.3 Å². The predicted octanol–water partition coefficient (Wildman–Crippen LogP) is 3.96. The van der Waals surface area contributed by atoms with E-state index in [1.54, 1.807) is 13.2 Å². The van der Waals surface area contributed by atoms with Crippen molar-refractivity contribution in [2.75, 3.05) is 19.0 Å². The highest BCUT2D eigenvalue weighted by atomic mass is 16.5. The van der Waals surface area contributed by atoms with Gasteiger partial charge in [0.1, 0.15) is 18.1 Å². The highest BCUT2D eigenvalue weighted by Crippen LogP contribution is 2.19. The van der Waals surface area contributed by atoms with E-state index in [1.165, 1.54) is 0 Å². The van der Waals surface area contributed by atoms with Crippen molar-refractivity contribution >= 4 is 28.5 Å². The third kappa shape index (κ3) is 5.38. The van der Waals surface area contributed by atoms with Gasteiger partial charge in [0.25, 0.3) is 5.91 Å². The molecule has 1 aromatic heterocycles. The fraction of sp³-hybridized carbons (Fsp3) is 0.192. The van der Waals surface area contributed by atoms with E-state index in [9.17, 15) is 9.59 Å². The van der Waals surface area contributed by atoms with Crippen LogP contribution in [0.15, 0.2) is 72.8 Å². The number of amides is 2. The van der Waals surface area contributed by atoms with Crippen LogP contribution in [0.3, 0.4) is 0 Å². The minimum atomic E-state index is -0.170. The van der Waals surface area contributed by atoms with E-state index in [0.29, 0.717) is 30.0 Å². The lowest BCUT2D eigenvalue weighted by atomic mass is 10.1. The summed E-state index contributed by atoms with van der Waals surface area (Å²) in [6.07, 6.45) is 0.499. The Hall–Kier alpha value is -4.13. The molecular formula is C26H26N4O3. The quantitative estimate of drug-likeness (QED) is 0.433. The van der Waals surface area contributed by atoms with Crippen molar-refractivity contribution in [3.63, 3.8) is 0 Å². The number of carbonyl (C=O) groups is 2. The van der Waals surface area contributed by atoms with E-state index in [0.717, 1.165) is 22.4 Å². The topological polar surface area (TPSA) is 85.2 Å². The Morgan fingerprint density at radius 3 is 2.58 bits per heavy atom. The van der Waals surface area contributed by atoms with Gasteiger partial charge in [-0.2, -0.15) is 0 Å². The number of carbonyl (C=O) groups excluding carboxylic acids is 2. The molecule has 7 nitrogen and oxygen atoms in total. The van der Waals surface area contributed by atoms with Gasteiger partial charge in [0.15, 0.2) is 0 Å². The van der Waals surface area contributed by atoms with Crippen molar-refractivity contribution in [2.45, 2.75) is 19.9 Å². The number of nitrogens with zero attached hydrogens (tertiary/aromatic N) is 2. The van der Waals surface area contributed by atoms with Crippen LogP contribution in [0.1, 0.15) is 21.7 Å². The van der Waals surface area contributed by atoms with Crippen molar-refractivity contribution in [1.29, 1.82) is 0 Å². The second-order valence-electron chi connectivity index (χ2n) is 7.75. The Morgan fingerprint density at radius 2 is 1.79 bits per heavy atom. The standard InChI is InChI=1S/C26H26N4O3/c1-18-10-12-19(13-11-18)26(32)27-15-14-24-29-22-8-3-4-9-23(22)30(24)17-25(31)28-20-6-5-7-21(16-20)33-2/h3-13,16H,14-15,17H2,1-2H3,(H,27,32)(H,28,31). The number of para-hydroxylation sites is 2. The molecule has 0 aliphatic heterocycles. The molecule has 3 aromatic carbocycles. The molecule has 2 amide bonds. The van der Waals surface area contributed by atoms with Crippen LogP contribution >= 0.6 is 0 Å². The summed E-state index contributed by atoms with van der Waals surface area (Å²) in [6, 6.07) is 22.4. The van der Waals surface area contributed by atoms with Gasteiger partial charge < -0.3 is 19.9 Å². The van der Waals surface area contributed by atoms with Crippen LogP contribution in [0.25, 0.3) is 11.0 Å². The Labute approximate surface area is 192 Å². The average molecular weight is 443 g/mol. The summed E-state index contributed by atoms with van der Waals surface area (Å²) in [5.74, 6) is 1.11. The number of fused-ring (bicyclic) bond motifs is 1. The van der Waals surface area contributed by atoms with Crippen molar-refractivity contribution < 1.29 is 14.3 Å². The van der Waals surface area contributed by atoms with Crippen LogP contribution in [0, 0.1) is 6.92 Å². The number of aryl methyl sites for hydroxylation is 1. The lowest BCUT2D eigenvalue weighted by molar-refractivity contribution is -0.116. The second kappa shape index (κ2) is 9.99. The van der Waals surface area contributed by atoms with E-state index >= 15 is 0 Å². The maximum atomic E-state index is 12.8. The maximum absolute atomic E-state index is 12.8. The molecule has 4 aromatic rings. The molecule has 1 heterocycles. The van der Waals surface area contributed by atoms with Gasteiger partial charge in [-0.15, -0.1) is 0 Å². The highest BCUT2D eigenvalue weighted by molar-refractivity contribution is 5.94. The molecule has 0 fully saturated rings. The molecule has 33 heavy (non-hydrogen) atoms. The third-order valence-corrected chi connectivity index (χ3v) is 5.34. The normalized spacial score (nSPS) is 10.7. The third-order valence-electron chi connectivity index (χ3n) is 5.34. The van der Waals surface area contributed by atoms with E-state index < -0.39 is 0 Å². The maximum Gasteiger partial charge on any atom is 0.251 e. The first-order chi connectivity index (χ1) is 16.0. The lowest BCUT2D eigenvalue weighted by Crippen LogP contribution is -2.27. The molecule has 0 aliphatic carbocycles. The van der Waals surface area contributed by atoms with Gasteiger partial charge in [0.2, 0.25) is 5.91 Å². The number of hydrogen-bond acceptors (Lipinski definition) is 4. The molecule has 168 valence electrons. The zero-order valence-electron chi connectivity index (χ0n) is 18.7. The number of anilines is 1. The molecule has 0 unspecified atom stereocenters. The zero-order valence-corrected chi connectivity index (χ0v) is 18.7. The van der Waals surface area contributed by atoms with Crippen LogP contribution in [0.5, 0.6) is 5.75 Å². The van der Waals surface area contributed by atoms with Gasteiger partial charge in [-0.25, -0.2) is 4.98 Å². The molecule has 0 radical (unpaired) electrons. The Balaban J connectivity index is 1.46. The number of imidazole rings is 1. The van der Waals surface area contributed by atoms with E-state index in [1.807, 2.05) is 78.2 Å². The fourth-order valence-corrected chi connectivity index (χ4v) is 3.63. The molecule has 0 bridgehead atoms. The van der Waals surface area contributed by atoms with E-state index in [-0.39, 0.29) is 18.4 Å². The SMILES string of the molecule is COc1cccc(NC(=O)Cn2c(CCNC(=O)c3ccc(C)cc3)nc3ccccc32)c1. The van der Waals surface area contributed by atoms with Gasteiger partial charge in [-0.3, -0.25) is 9.59 Å². The lowest BCUT2D eigenvalue weighted by Gasteiger charge is -2.11. The van der Waals surface area contributed by atoms with Crippen molar-refractivity contribution in [3.05, 3.63) is 89.7 Å². The minimum absolute atomic E-state index is 0.110. The van der Waals surface area contributed by atoms with Gasteiger partial charge in [-0.05, 0) is 43.3 Å².